The molecule has 0 aliphatic carbocycles. The zero-order valence-corrected chi connectivity index (χ0v) is 12.0. The van der Waals surface area contributed by atoms with E-state index in [1.807, 2.05) is 18.2 Å². The van der Waals surface area contributed by atoms with Gasteiger partial charge in [0.05, 0.1) is 0 Å². The fourth-order valence-corrected chi connectivity index (χ4v) is 2.37. The molecule has 1 aromatic carbocycles. The van der Waals surface area contributed by atoms with Crippen LogP contribution in [0, 0.1) is 0 Å². The highest BCUT2D eigenvalue weighted by Gasteiger charge is 2.37. The van der Waals surface area contributed by atoms with Gasteiger partial charge in [-0.25, -0.2) is 4.79 Å². The van der Waals surface area contributed by atoms with E-state index in [1.54, 1.807) is 26.8 Å². The van der Waals surface area contributed by atoms with Crippen molar-refractivity contribution in [2.75, 3.05) is 6.54 Å². The summed E-state index contributed by atoms with van der Waals surface area (Å²) in [4.78, 5) is 25.2. The van der Waals surface area contributed by atoms with Gasteiger partial charge in [-0.05, 0) is 38.3 Å². The van der Waals surface area contributed by atoms with E-state index in [9.17, 15) is 9.59 Å². The van der Waals surface area contributed by atoms with E-state index in [2.05, 4.69) is 0 Å². The van der Waals surface area contributed by atoms with Gasteiger partial charge in [-0.1, -0.05) is 24.3 Å². The Labute approximate surface area is 118 Å². The second-order valence-corrected chi connectivity index (χ2v) is 5.89. The van der Waals surface area contributed by atoms with Crippen LogP contribution in [0.2, 0.25) is 0 Å². The Kier molecular flexibility index (Phi) is 3.70. The Bertz CT molecular complexity index is 534. The van der Waals surface area contributed by atoms with E-state index >= 15 is 0 Å². The Hall–Kier alpha value is -2.04. The third-order valence-corrected chi connectivity index (χ3v) is 3.16. The molecule has 1 aliphatic rings. The molecule has 1 heterocycles. The molecule has 1 N–H and O–H groups in total. The van der Waals surface area contributed by atoms with E-state index < -0.39 is 23.6 Å². The minimum atomic E-state index is -0.866. The molecule has 1 aliphatic heterocycles. The van der Waals surface area contributed by atoms with Crippen LogP contribution in [0.25, 0.3) is 0 Å². The van der Waals surface area contributed by atoms with Crippen molar-refractivity contribution in [2.24, 2.45) is 0 Å². The van der Waals surface area contributed by atoms with Gasteiger partial charge in [0.15, 0.2) is 0 Å². The van der Waals surface area contributed by atoms with Crippen molar-refractivity contribution < 1.29 is 14.3 Å². The van der Waals surface area contributed by atoms with Gasteiger partial charge in [-0.2, -0.15) is 0 Å². The van der Waals surface area contributed by atoms with Crippen molar-refractivity contribution in [1.82, 2.24) is 10.6 Å². The fraction of sp³-hybridized carbons (Fsp3) is 0.467. The van der Waals surface area contributed by atoms with Crippen LogP contribution in [-0.2, 0) is 16.0 Å². The number of carbonyl (C=O) groups excluding carboxylic acids is 2. The lowest BCUT2D eigenvalue weighted by Gasteiger charge is -2.36. The van der Waals surface area contributed by atoms with Crippen LogP contribution in [0.1, 0.15) is 37.9 Å². The van der Waals surface area contributed by atoms with Crippen molar-refractivity contribution in [1.29, 1.82) is 0 Å². The van der Waals surface area contributed by atoms with E-state index in [0.29, 0.717) is 13.0 Å². The number of ether oxygens (including phenoxy) is 1. The van der Waals surface area contributed by atoms with Crippen LogP contribution in [-0.4, -0.2) is 29.0 Å². The van der Waals surface area contributed by atoms with Crippen molar-refractivity contribution in [2.45, 2.75) is 38.8 Å². The third-order valence-electron chi connectivity index (χ3n) is 3.16. The van der Waals surface area contributed by atoms with E-state index in [1.165, 1.54) is 4.90 Å². The zero-order valence-electron chi connectivity index (χ0n) is 12.0. The number of fused-ring (bicyclic) bond motifs is 1. The highest BCUT2D eigenvalue weighted by molar-refractivity contribution is 5.86. The molecule has 1 radical (unpaired) electrons. The topological polar surface area (TPSA) is 70.4 Å². The summed E-state index contributed by atoms with van der Waals surface area (Å²) in [5.41, 5.74) is 8.59. The smallest absolute Gasteiger partial charge is 0.411 e. The molecule has 0 bridgehead atoms. The number of hydrogen-bond donors (Lipinski definition) is 0. The van der Waals surface area contributed by atoms with Gasteiger partial charge < -0.3 is 4.74 Å². The van der Waals surface area contributed by atoms with Crippen LogP contribution in [0.15, 0.2) is 24.3 Å². The second kappa shape index (κ2) is 5.15. The van der Waals surface area contributed by atoms with Crippen LogP contribution < -0.4 is 5.73 Å². The SMILES string of the molecule is CC(C)(C)OC(=O)N1CCc2ccccc2C1C([NH])=O. The number of carbonyl (C=O) groups is 2. The molecule has 0 fully saturated rings. The first-order chi connectivity index (χ1) is 9.29. The first kappa shape index (κ1) is 14.4. The van der Waals surface area contributed by atoms with Gasteiger partial charge in [-0.3, -0.25) is 15.4 Å². The maximum Gasteiger partial charge on any atom is 0.411 e. The zero-order chi connectivity index (χ0) is 14.9. The lowest BCUT2D eigenvalue weighted by atomic mass is 9.92. The Morgan fingerprint density at radius 3 is 2.55 bits per heavy atom. The predicted molar refractivity (Wildman–Crippen MR) is 73.9 cm³/mol. The number of hydrogen-bond acceptors (Lipinski definition) is 3. The molecular weight excluding hydrogens is 256 g/mol. The first-order valence-electron chi connectivity index (χ1n) is 6.62. The van der Waals surface area contributed by atoms with Crippen molar-refractivity contribution in [3.63, 3.8) is 0 Å². The lowest BCUT2D eigenvalue weighted by molar-refractivity contribution is -0.124. The van der Waals surface area contributed by atoms with Crippen LogP contribution in [0.5, 0.6) is 0 Å². The second-order valence-electron chi connectivity index (χ2n) is 5.89. The number of rotatable bonds is 1. The number of nitrogens with zero attached hydrogens (tertiary/aromatic N) is 1. The monoisotopic (exact) mass is 275 g/mol. The highest BCUT2D eigenvalue weighted by Crippen LogP contribution is 2.30. The van der Waals surface area contributed by atoms with Crippen LogP contribution in [0.4, 0.5) is 4.79 Å². The molecule has 5 heteroatoms. The largest absolute Gasteiger partial charge is 0.444 e. The Morgan fingerprint density at radius 1 is 1.30 bits per heavy atom. The summed E-state index contributed by atoms with van der Waals surface area (Å²) in [5.74, 6) is -0.789. The quantitative estimate of drug-likeness (QED) is 0.789. The normalized spacial score (nSPS) is 18.4. The maximum atomic E-state index is 12.2. The fourth-order valence-electron chi connectivity index (χ4n) is 2.37. The van der Waals surface area contributed by atoms with Gasteiger partial charge in [0.25, 0.3) is 5.91 Å². The summed E-state index contributed by atoms with van der Waals surface area (Å²) in [6.07, 6.45) is 0.122. The average molecular weight is 275 g/mol. The molecule has 0 aromatic heterocycles. The van der Waals surface area contributed by atoms with Gasteiger partial charge in [-0.15, -0.1) is 0 Å². The molecule has 0 spiro atoms. The molecule has 1 unspecified atom stereocenters. The van der Waals surface area contributed by atoms with Crippen molar-refractivity contribution in [3.8, 4) is 0 Å². The lowest BCUT2D eigenvalue weighted by Crippen LogP contribution is -2.46. The molecule has 0 saturated carbocycles. The standard InChI is InChI=1S/C15H19N2O3/c1-15(2,3)20-14(19)17-9-8-10-6-4-5-7-11(10)12(17)13(16)18/h4-7,12,16H,8-9H2,1-3H3. The maximum absolute atomic E-state index is 12.2. The summed E-state index contributed by atoms with van der Waals surface area (Å²) >= 11 is 0. The Balaban J connectivity index is 2.32. The minimum absolute atomic E-state index is 0.390. The average Bonchev–Trinajstić information content (AvgIpc) is 2.35. The van der Waals surface area contributed by atoms with Crippen molar-refractivity contribution >= 4 is 12.0 Å². The molecule has 1 atom stereocenters. The first-order valence-corrected chi connectivity index (χ1v) is 6.62. The van der Waals surface area contributed by atoms with Gasteiger partial charge in [0.1, 0.15) is 11.6 Å². The van der Waals surface area contributed by atoms with Gasteiger partial charge in [0.2, 0.25) is 0 Å². The molecule has 2 rings (SSSR count). The van der Waals surface area contributed by atoms with Crippen molar-refractivity contribution in [3.05, 3.63) is 35.4 Å². The van der Waals surface area contributed by atoms with E-state index in [-0.39, 0.29) is 0 Å². The Morgan fingerprint density at radius 2 is 1.95 bits per heavy atom. The van der Waals surface area contributed by atoms with E-state index in [0.717, 1.165) is 11.1 Å². The summed E-state index contributed by atoms with van der Waals surface area (Å²) in [5, 5.41) is 0. The molecule has 20 heavy (non-hydrogen) atoms. The summed E-state index contributed by atoms with van der Waals surface area (Å²) < 4.78 is 5.32. The molecule has 2 amide bonds. The molecule has 107 valence electrons. The summed E-state index contributed by atoms with van der Waals surface area (Å²) in [7, 11) is 0. The highest BCUT2D eigenvalue weighted by atomic mass is 16.6. The number of amides is 2. The number of nitrogens with one attached hydrogen (secondary N) is 1. The molecule has 1 aromatic rings. The molecular formula is C15H19N2O3. The number of benzene rings is 1. The third kappa shape index (κ3) is 2.92. The minimum Gasteiger partial charge on any atom is -0.444 e. The van der Waals surface area contributed by atoms with E-state index in [4.69, 9.17) is 10.5 Å². The molecule has 5 nitrogen and oxygen atoms in total. The van der Waals surface area contributed by atoms with Crippen LogP contribution >= 0.6 is 0 Å². The molecule has 0 saturated heterocycles. The summed E-state index contributed by atoms with van der Waals surface area (Å²) in [6.45, 7) is 5.72. The van der Waals surface area contributed by atoms with Gasteiger partial charge in [0, 0.05) is 6.54 Å². The van der Waals surface area contributed by atoms with Crippen LogP contribution in [0.3, 0.4) is 0 Å². The van der Waals surface area contributed by atoms with Gasteiger partial charge >= 0.3 is 6.09 Å². The summed E-state index contributed by atoms with van der Waals surface area (Å²) in [6, 6.07) is 6.57. The predicted octanol–water partition coefficient (Wildman–Crippen LogP) is 2.33.